The molecule has 70 valence electrons. The summed E-state index contributed by atoms with van der Waals surface area (Å²) in [5.41, 5.74) is 0.359. The van der Waals surface area contributed by atoms with E-state index in [4.69, 9.17) is 10.2 Å². The second-order valence-corrected chi connectivity index (χ2v) is 3.39. The predicted octanol–water partition coefficient (Wildman–Crippen LogP) is 1.80. The molecule has 0 aliphatic heterocycles. The van der Waals surface area contributed by atoms with E-state index in [1.807, 2.05) is 0 Å². The highest BCUT2D eigenvalue weighted by Crippen LogP contribution is 2.23. The number of hydrogen-bond donors (Lipinski definition) is 1. The summed E-state index contributed by atoms with van der Waals surface area (Å²) < 4.78 is 0. The van der Waals surface area contributed by atoms with Gasteiger partial charge in [0.2, 0.25) is 0 Å². The second kappa shape index (κ2) is 4.28. The molecule has 0 bridgehead atoms. The van der Waals surface area contributed by atoms with Crippen LogP contribution in [0.5, 0.6) is 11.5 Å². The fourth-order valence-electron chi connectivity index (χ4n) is 0.996. The van der Waals surface area contributed by atoms with E-state index in [0.29, 0.717) is 17.3 Å². The standard InChI is InChI=1S/C9H9BrO3/c10-4-3-8(12)7-2-1-6(11)5-9(7)13/h1-2,5,11,13H,3-4H2/p+1. The minimum Gasteiger partial charge on any atom is -0.593 e. The number of rotatable bonds is 3. The van der Waals surface area contributed by atoms with Gasteiger partial charge in [0, 0.05) is 11.8 Å². The average Bonchev–Trinajstić information content (AvgIpc) is 2.04. The zero-order valence-electron chi connectivity index (χ0n) is 6.88. The number of Topliss-reactive ketones (excluding diaryl/α,β-unsaturated/α-hetero) is 1. The molecule has 3 N–H and O–H groups in total. The molecule has 0 saturated carbocycles. The molecule has 0 unspecified atom stereocenters. The largest absolute Gasteiger partial charge is 0.593 e. The SMILES string of the molecule is O=C(CCBr)c1ccc(O)cc1[OH2+]. The molecule has 0 aliphatic carbocycles. The van der Waals surface area contributed by atoms with E-state index in [0.717, 1.165) is 0 Å². The smallest absolute Gasteiger partial charge is 0.268 e. The molecule has 0 aromatic heterocycles. The molecule has 0 heterocycles. The van der Waals surface area contributed by atoms with Crippen LogP contribution < -0.4 is 0 Å². The van der Waals surface area contributed by atoms with Crippen LogP contribution in [0, 0.1) is 0 Å². The molecule has 1 aromatic rings. The number of phenols is 1. The quantitative estimate of drug-likeness (QED) is 0.502. The van der Waals surface area contributed by atoms with Crippen molar-refractivity contribution in [3.8, 4) is 11.5 Å². The molecule has 0 fully saturated rings. The van der Waals surface area contributed by atoms with Gasteiger partial charge in [0.1, 0.15) is 11.3 Å². The average molecular weight is 246 g/mol. The summed E-state index contributed by atoms with van der Waals surface area (Å²) >= 11 is 3.15. The highest BCUT2D eigenvalue weighted by atomic mass is 79.9. The normalized spacial score (nSPS) is 9.92. The molecule has 1 rings (SSSR count). The molecule has 1 aromatic carbocycles. The summed E-state index contributed by atoms with van der Waals surface area (Å²) in [5.74, 6) is 0.00761. The van der Waals surface area contributed by atoms with Gasteiger partial charge in [-0.3, -0.25) is 4.79 Å². The van der Waals surface area contributed by atoms with Gasteiger partial charge in [-0.15, -0.1) is 0 Å². The lowest BCUT2D eigenvalue weighted by atomic mass is 10.1. The summed E-state index contributed by atoms with van der Waals surface area (Å²) in [4.78, 5) is 11.3. The molecule has 0 atom stereocenters. The molecule has 0 aliphatic rings. The van der Waals surface area contributed by atoms with Gasteiger partial charge in [-0.1, -0.05) is 15.9 Å². The lowest BCUT2D eigenvalue weighted by Crippen LogP contribution is -1.99. The summed E-state index contributed by atoms with van der Waals surface area (Å²) in [6.45, 7) is 0. The Balaban J connectivity index is 2.95. The zero-order chi connectivity index (χ0) is 9.84. The third kappa shape index (κ3) is 2.45. The second-order valence-electron chi connectivity index (χ2n) is 2.59. The number of halogens is 1. The van der Waals surface area contributed by atoms with Crippen LogP contribution in [0.1, 0.15) is 16.8 Å². The fourth-order valence-corrected chi connectivity index (χ4v) is 1.36. The number of hydrogen-bond acceptors (Lipinski definition) is 2. The van der Waals surface area contributed by atoms with E-state index >= 15 is 0 Å². The van der Waals surface area contributed by atoms with Crippen LogP contribution in [0.2, 0.25) is 0 Å². The monoisotopic (exact) mass is 245 g/mol. The Hall–Kier alpha value is -1.03. The van der Waals surface area contributed by atoms with E-state index in [-0.39, 0.29) is 17.3 Å². The van der Waals surface area contributed by atoms with Crippen LogP contribution in [0.3, 0.4) is 0 Å². The number of benzene rings is 1. The molecule has 0 amide bonds. The molecule has 0 spiro atoms. The van der Waals surface area contributed by atoms with Gasteiger partial charge in [0.05, 0.1) is 6.07 Å². The van der Waals surface area contributed by atoms with Crippen molar-refractivity contribution < 1.29 is 15.0 Å². The maximum absolute atomic E-state index is 11.3. The summed E-state index contributed by atoms with van der Waals surface area (Å²) in [5, 5.41) is 17.0. The third-order valence-electron chi connectivity index (χ3n) is 1.63. The number of carbonyl (C=O) groups excluding carboxylic acids is 1. The predicted molar refractivity (Wildman–Crippen MR) is 53.9 cm³/mol. The van der Waals surface area contributed by atoms with Crippen molar-refractivity contribution in [1.29, 1.82) is 0 Å². The Kier molecular flexibility index (Phi) is 3.31. The number of ketones is 1. The maximum atomic E-state index is 11.3. The van der Waals surface area contributed by atoms with Crippen molar-refractivity contribution in [2.75, 3.05) is 5.33 Å². The van der Waals surface area contributed by atoms with Crippen LogP contribution in [0.15, 0.2) is 18.2 Å². The number of aromatic hydroxyl groups is 1. The molecule has 0 saturated heterocycles. The first-order valence-electron chi connectivity index (χ1n) is 3.79. The minimum atomic E-state index is -0.0816. The molecule has 4 heteroatoms. The van der Waals surface area contributed by atoms with E-state index in [1.165, 1.54) is 18.2 Å². The van der Waals surface area contributed by atoms with E-state index in [2.05, 4.69) is 15.9 Å². The summed E-state index contributed by atoms with van der Waals surface area (Å²) in [6.07, 6.45) is 0.372. The highest BCUT2D eigenvalue weighted by Gasteiger charge is 2.13. The third-order valence-corrected chi connectivity index (χ3v) is 2.02. The van der Waals surface area contributed by atoms with E-state index < -0.39 is 0 Å². The van der Waals surface area contributed by atoms with Crippen molar-refractivity contribution in [3.63, 3.8) is 0 Å². The molecule has 13 heavy (non-hydrogen) atoms. The first kappa shape index (κ1) is 10.1. The van der Waals surface area contributed by atoms with Gasteiger partial charge in [0.25, 0.3) is 5.75 Å². The van der Waals surface area contributed by atoms with Gasteiger partial charge >= 0.3 is 0 Å². The Morgan fingerprint density at radius 1 is 1.54 bits per heavy atom. The lowest BCUT2D eigenvalue weighted by Gasteiger charge is -1.99. The Morgan fingerprint density at radius 3 is 2.77 bits per heavy atom. The van der Waals surface area contributed by atoms with Crippen LogP contribution in [-0.4, -0.2) is 21.3 Å². The van der Waals surface area contributed by atoms with Crippen LogP contribution in [0.25, 0.3) is 0 Å². The number of phenolic OH excluding ortho intramolecular Hbond substituents is 1. The molecule has 0 radical (unpaired) electrons. The van der Waals surface area contributed by atoms with Gasteiger partial charge in [-0.05, 0) is 12.1 Å². The molecular weight excluding hydrogens is 236 g/mol. The first-order valence-corrected chi connectivity index (χ1v) is 4.91. The number of carbonyl (C=O) groups is 1. The topological polar surface area (TPSA) is 60.2 Å². The molecule has 3 nitrogen and oxygen atoms in total. The first-order chi connectivity index (χ1) is 6.15. The van der Waals surface area contributed by atoms with Gasteiger partial charge in [0.15, 0.2) is 5.78 Å². The summed E-state index contributed by atoms with van der Waals surface area (Å²) in [6, 6.07) is 4.16. The minimum absolute atomic E-state index is 0.0143. The molecular formula is C9H10BrO3+. The van der Waals surface area contributed by atoms with E-state index in [9.17, 15) is 4.79 Å². The zero-order valence-corrected chi connectivity index (χ0v) is 8.47. The van der Waals surface area contributed by atoms with Gasteiger partial charge in [-0.2, -0.15) is 0 Å². The van der Waals surface area contributed by atoms with Crippen molar-refractivity contribution >= 4 is 21.7 Å². The van der Waals surface area contributed by atoms with Gasteiger partial charge < -0.3 is 10.2 Å². The Morgan fingerprint density at radius 2 is 2.23 bits per heavy atom. The van der Waals surface area contributed by atoms with Crippen LogP contribution in [0.4, 0.5) is 0 Å². The lowest BCUT2D eigenvalue weighted by molar-refractivity contribution is 0.0987. The Bertz CT molecular complexity index is 323. The van der Waals surface area contributed by atoms with Crippen molar-refractivity contribution in [1.82, 2.24) is 0 Å². The fraction of sp³-hybridized carbons (Fsp3) is 0.222. The van der Waals surface area contributed by atoms with Crippen LogP contribution >= 0.6 is 15.9 Å². The van der Waals surface area contributed by atoms with Crippen molar-refractivity contribution in [3.05, 3.63) is 23.8 Å². The number of alkyl halides is 1. The highest BCUT2D eigenvalue weighted by molar-refractivity contribution is 9.09. The van der Waals surface area contributed by atoms with Crippen molar-refractivity contribution in [2.24, 2.45) is 0 Å². The Labute approximate surface area is 84.1 Å². The van der Waals surface area contributed by atoms with Crippen molar-refractivity contribution in [2.45, 2.75) is 6.42 Å². The van der Waals surface area contributed by atoms with Crippen LogP contribution in [-0.2, 0) is 0 Å². The van der Waals surface area contributed by atoms with E-state index in [1.54, 1.807) is 0 Å². The van der Waals surface area contributed by atoms with Gasteiger partial charge in [-0.25, -0.2) is 0 Å². The summed E-state index contributed by atoms with van der Waals surface area (Å²) in [7, 11) is 0. The maximum Gasteiger partial charge on any atom is 0.268 e.